The Hall–Kier alpha value is -2.76. The number of hydrogen-bond donors (Lipinski definition) is 1. The molecule has 1 aliphatic rings. The van der Waals surface area contributed by atoms with Crippen LogP contribution in [0.15, 0.2) is 42.5 Å². The Bertz CT molecular complexity index is 780. The van der Waals surface area contributed by atoms with Crippen LogP contribution in [0.1, 0.15) is 31.9 Å². The Morgan fingerprint density at radius 3 is 2.65 bits per heavy atom. The van der Waals surface area contributed by atoms with Crippen molar-refractivity contribution in [1.29, 1.82) is 0 Å². The van der Waals surface area contributed by atoms with E-state index in [1.165, 1.54) is 12.1 Å². The van der Waals surface area contributed by atoms with Gasteiger partial charge in [-0.1, -0.05) is 25.1 Å². The third kappa shape index (κ3) is 4.07. The molecule has 0 saturated heterocycles. The number of fused-ring (bicyclic) bond motifs is 1. The van der Waals surface area contributed by atoms with Crippen LogP contribution >= 0.6 is 0 Å². The van der Waals surface area contributed by atoms with Gasteiger partial charge in [-0.15, -0.1) is 0 Å². The largest absolute Gasteiger partial charge is 0.486 e. The number of nitrogens with one attached hydrogen (secondary N) is 1. The summed E-state index contributed by atoms with van der Waals surface area (Å²) >= 11 is 0. The maximum Gasteiger partial charge on any atom is 0.261 e. The minimum absolute atomic E-state index is 0.0708. The van der Waals surface area contributed by atoms with Crippen molar-refractivity contribution in [3.63, 3.8) is 0 Å². The monoisotopic (exact) mass is 359 g/mol. The first-order chi connectivity index (χ1) is 12.6. The summed E-state index contributed by atoms with van der Waals surface area (Å²) in [6.07, 6.45) is -0.347. The van der Waals surface area contributed by atoms with Crippen LogP contribution in [0.3, 0.4) is 0 Å². The minimum Gasteiger partial charge on any atom is -0.486 e. The molecule has 138 valence electrons. The van der Waals surface area contributed by atoms with Crippen molar-refractivity contribution >= 4 is 5.91 Å². The Balaban J connectivity index is 1.66. The van der Waals surface area contributed by atoms with E-state index in [-0.39, 0.29) is 17.7 Å². The first-order valence-electron chi connectivity index (χ1n) is 8.69. The van der Waals surface area contributed by atoms with E-state index in [1.54, 1.807) is 12.1 Å². The maximum absolute atomic E-state index is 13.8. The van der Waals surface area contributed by atoms with Crippen molar-refractivity contribution in [3.8, 4) is 17.2 Å². The lowest BCUT2D eigenvalue weighted by atomic mass is 10.1. The van der Waals surface area contributed by atoms with Crippen LogP contribution in [0.5, 0.6) is 17.2 Å². The van der Waals surface area contributed by atoms with Gasteiger partial charge in [0.1, 0.15) is 13.2 Å². The van der Waals surface area contributed by atoms with Gasteiger partial charge < -0.3 is 19.5 Å². The summed E-state index contributed by atoms with van der Waals surface area (Å²) < 4.78 is 30.4. The van der Waals surface area contributed by atoms with E-state index in [0.717, 1.165) is 5.56 Å². The minimum atomic E-state index is -0.772. The van der Waals surface area contributed by atoms with Crippen LogP contribution in [0.2, 0.25) is 0 Å². The highest BCUT2D eigenvalue weighted by molar-refractivity contribution is 5.81. The Morgan fingerprint density at radius 1 is 1.19 bits per heavy atom. The molecule has 2 atom stereocenters. The van der Waals surface area contributed by atoms with E-state index in [4.69, 9.17) is 14.2 Å². The predicted octanol–water partition coefficient (Wildman–Crippen LogP) is 3.63. The fraction of sp³-hybridized carbons (Fsp3) is 0.350. The molecule has 1 heterocycles. The Labute approximate surface area is 152 Å². The lowest BCUT2D eigenvalue weighted by Gasteiger charge is -2.23. The highest BCUT2D eigenvalue weighted by Gasteiger charge is 2.22. The zero-order valence-electron chi connectivity index (χ0n) is 14.8. The number of para-hydroxylation sites is 1. The van der Waals surface area contributed by atoms with Crippen molar-refractivity contribution in [2.45, 2.75) is 32.4 Å². The quantitative estimate of drug-likeness (QED) is 0.856. The van der Waals surface area contributed by atoms with E-state index >= 15 is 0 Å². The highest BCUT2D eigenvalue weighted by Crippen LogP contribution is 2.32. The molecule has 0 aromatic heterocycles. The number of carbonyl (C=O) groups excluding carboxylic acids is 1. The number of ether oxygens (including phenoxy) is 3. The van der Waals surface area contributed by atoms with Crippen LogP contribution in [-0.4, -0.2) is 25.2 Å². The molecule has 0 spiro atoms. The van der Waals surface area contributed by atoms with Gasteiger partial charge in [0.25, 0.3) is 5.91 Å². The van der Waals surface area contributed by atoms with Crippen molar-refractivity contribution in [1.82, 2.24) is 5.32 Å². The number of carbonyl (C=O) groups is 1. The molecule has 2 aromatic carbocycles. The fourth-order valence-electron chi connectivity index (χ4n) is 2.73. The zero-order chi connectivity index (χ0) is 18.5. The van der Waals surface area contributed by atoms with Crippen LogP contribution in [-0.2, 0) is 4.79 Å². The SMILES string of the molecule is CCC(Oc1ccccc1F)C(=O)NC(C)c1ccc2c(c1)OCCO2. The first-order valence-corrected chi connectivity index (χ1v) is 8.69. The Morgan fingerprint density at radius 2 is 1.92 bits per heavy atom. The van der Waals surface area contributed by atoms with Gasteiger partial charge >= 0.3 is 0 Å². The second-order valence-corrected chi connectivity index (χ2v) is 6.08. The van der Waals surface area contributed by atoms with E-state index in [0.29, 0.717) is 31.1 Å². The van der Waals surface area contributed by atoms with Crippen molar-refractivity contribution < 1.29 is 23.4 Å². The van der Waals surface area contributed by atoms with E-state index < -0.39 is 11.9 Å². The van der Waals surface area contributed by atoms with Crippen molar-refractivity contribution in [2.75, 3.05) is 13.2 Å². The maximum atomic E-state index is 13.8. The summed E-state index contributed by atoms with van der Waals surface area (Å²) in [5.41, 5.74) is 0.892. The first kappa shape index (κ1) is 18.0. The molecule has 1 N–H and O–H groups in total. The van der Waals surface area contributed by atoms with Gasteiger partial charge in [-0.2, -0.15) is 0 Å². The van der Waals surface area contributed by atoms with Gasteiger partial charge in [-0.3, -0.25) is 4.79 Å². The molecule has 1 amide bonds. The Kier molecular flexibility index (Phi) is 5.61. The van der Waals surface area contributed by atoms with E-state index in [2.05, 4.69) is 5.32 Å². The smallest absolute Gasteiger partial charge is 0.261 e. The van der Waals surface area contributed by atoms with Crippen LogP contribution in [0.4, 0.5) is 4.39 Å². The third-order valence-electron chi connectivity index (χ3n) is 4.19. The van der Waals surface area contributed by atoms with E-state index in [9.17, 15) is 9.18 Å². The molecular weight excluding hydrogens is 337 g/mol. The van der Waals surface area contributed by atoms with Crippen molar-refractivity contribution in [2.24, 2.45) is 0 Å². The summed E-state index contributed by atoms with van der Waals surface area (Å²) in [7, 11) is 0. The molecule has 0 fully saturated rings. The molecule has 5 nitrogen and oxygen atoms in total. The van der Waals surface area contributed by atoms with Gasteiger partial charge in [0.05, 0.1) is 6.04 Å². The summed E-state index contributed by atoms with van der Waals surface area (Å²) in [6, 6.07) is 11.4. The van der Waals surface area contributed by atoms with Gasteiger partial charge in [0.15, 0.2) is 29.2 Å². The topological polar surface area (TPSA) is 56.8 Å². The lowest BCUT2D eigenvalue weighted by Crippen LogP contribution is -2.39. The van der Waals surface area contributed by atoms with Gasteiger partial charge in [-0.25, -0.2) is 4.39 Å². The summed E-state index contributed by atoms with van der Waals surface area (Å²) in [6.45, 7) is 4.73. The normalized spacial score (nSPS) is 15.0. The zero-order valence-corrected chi connectivity index (χ0v) is 14.8. The average molecular weight is 359 g/mol. The molecule has 6 heteroatoms. The highest BCUT2D eigenvalue weighted by atomic mass is 19.1. The number of amides is 1. The van der Waals surface area contributed by atoms with Gasteiger partial charge in [-0.05, 0) is 43.2 Å². The molecule has 26 heavy (non-hydrogen) atoms. The molecule has 1 aliphatic heterocycles. The predicted molar refractivity (Wildman–Crippen MR) is 95.1 cm³/mol. The van der Waals surface area contributed by atoms with E-state index in [1.807, 2.05) is 32.0 Å². The van der Waals surface area contributed by atoms with Crippen LogP contribution in [0.25, 0.3) is 0 Å². The molecule has 0 radical (unpaired) electrons. The summed E-state index contributed by atoms with van der Waals surface area (Å²) in [4.78, 5) is 12.5. The van der Waals surface area contributed by atoms with Crippen molar-refractivity contribution in [3.05, 3.63) is 53.8 Å². The molecule has 2 unspecified atom stereocenters. The molecule has 2 aromatic rings. The molecule has 0 bridgehead atoms. The number of hydrogen-bond acceptors (Lipinski definition) is 4. The lowest BCUT2D eigenvalue weighted by molar-refractivity contribution is -0.128. The fourth-order valence-corrected chi connectivity index (χ4v) is 2.73. The van der Waals surface area contributed by atoms with Gasteiger partial charge in [0.2, 0.25) is 0 Å². The van der Waals surface area contributed by atoms with Crippen LogP contribution < -0.4 is 19.5 Å². The standard InChI is InChI=1S/C20H22FNO4/c1-3-16(26-17-7-5-4-6-15(17)21)20(23)22-13(2)14-8-9-18-19(12-14)25-11-10-24-18/h4-9,12-13,16H,3,10-11H2,1-2H3,(H,22,23). The summed E-state index contributed by atoms with van der Waals surface area (Å²) in [5, 5.41) is 2.91. The molecule has 3 rings (SSSR count). The third-order valence-corrected chi connectivity index (χ3v) is 4.19. The summed E-state index contributed by atoms with van der Waals surface area (Å²) in [5.74, 6) is 0.663. The number of halogens is 1. The van der Waals surface area contributed by atoms with Gasteiger partial charge in [0, 0.05) is 0 Å². The number of benzene rings is 2. The molecule has 0 saturated carbocycles. The average Bonchev–Trinajstić information content (AvgIpc) is 2.66. The molecule has 0 aliphatic carbocycles. The van der Waals surface area contributed by atoms with Crippen LogP contribution in [0, 0.1) is 5.82 Å². The second kappa shape index (κ2) is 8.08. The number of rotatable bonds is 6. The second-order valence-electron chi connectivity index (χ2n) is 6.08. The molecular formula is C20H22FNO4.